The Kier molecular flexibility index (Phi) is 5.12. The van der Waals surface area contributed by atoms with Crippen LogP contribution in [0.15, 0.2) is 146 Å². The molecule has 0 heterocycles. The third-order valence-electron chi connectivity index (χ3n) is 9.34. The number of fused-ring (bicyclic) bond motifs is 8. The van der Waals surface area contributed by atoms with E-state index < -0.39 is 0 Å². The van der Waals surface area contributed by atoms with E-state index in [0.29, 0.717) is 0 Å². The Morgan fingerprint density at radius 3 is 1.55 bits per heavy atom. The fraction of sp³-hybridized carbons (Fsp3) is 0.0476. The summed E-state index contributed by atoms with van der Waals surface area (Å²) in [5.74, 6) is 0. The van der Waals surface area contributed by atoms with Crippen LogP contribution < -0.4 is 0 Å². The highest BCUT2D eigenvalue weighted by Crippen LogP contribution is 2.47. The average molecular weight is 533 g/mol. The van der Waals surface area contributed by atoms with Crippen LogP contribution in [-0.2, 0) is 12.8 Å². The van der Waals surface area contributed by atoms with Gasteiger partial charge in [-0.3, -0.25) is 0 Å². The largest absolute Gasteiger partial charge is 0.0616 e. The first kappa shape index (κ1) is 23.5. The first-order valence-electron chi connectivity index (χ1n) is 14.9. The van der Waals surface area contributed by atoms with Gasteiger partial charge in [0.25, 0.3) is 0 Å². The third-order valence-corrected chi connectivity index (χ3v) is 9.34. The van der Waals surface area contributed by atoms with Crippen LogP contribution in [0.5, 0.6) is 0 Å². The van der Waals surface area contributed by atoms with Gasteiger partial charge in [-0.05, 0) is 107 Å². The molecular formula is C42H28. The van der Waals surface area contributed by atoms with Gasteiger partial charge < -0.3 is 0 Å². The van der Waals surface area contributed by atoms with Gasteiger partial charge in [0.05, 0.1) is 0 Å². The summed E-state index contributed by atoms with van der Waals surface area (Å²) in [5, 5.41) is 10.4. The molecule has 0 heteroatoms. The SMILES string of the molecule is c1ccc2c(-c3c4ccccc4c(-c4ccc5c(c4)-c4c(ccc6ccccc46)CC5)c4ccccc34)cccc2c1. The Morgan fingerprint density at radius 2 is 0.833 bits per heavy atom. The monoisotopic (exact) mass is 532 g/mol. The van der Waals surface area contributed by atoms with Gasteiger partial charge >= 0.3 is 0 Å². The summed E-state index contributed by atoms with van der Waals surface area (Å²) < 4.78 is 0. The molecule has 0 N–H and O–H groups in total. The van der Waals surface area contributed by atoms with Crippen molar-refractivity contribution in [1.29, 1.82) is 0 Å². The van der Waals surface area contributed by atoms with E-state index in [-0.39, 0.29) is 0 Å². The molecule has 0 unspecified atom stereocenters. The molecule has 1 aliphatic rings. The van der Waals surface area contributed by atoms with E-state index in [1.165, 1.54) is 87.6 Å². The lowest BCUT2D eigenvalue weighted by molar-refractivity contribution is 0.945. The smallest absolute Gasteiger partial charge is 0.00201 e. The van der Waals surface area contributed by atoms with E-state index in [4.69, 9.17) is 0 Å². The molecule has 8 aromatic rings. The second-order valence-corrected chi connectivity index (χ2v) is 11.6. The lowest BCUT2D eigenvalue weighted by Crippen LogP contribution is -2.05. The van der Waals surface area contributed by atoms with Crippen LogP contribution in [-0.4, -0.2) is 0 Å². The molecule has 0 saturated heterocycles. The highest BCUT2D eigenvalue weighted by Gasteiger charge is 2.22. The Morgan fingerprint density at radius 1 is 0.310 bits per heavy atom. The second-order valence-electron chi connectivity index (χ2n) is 11.6. The molecule has 0 amide bonds. The van der Waals surface area contributed by atoms with Crippen LogP contribution in [0.2, 0.25) is 0 Å². The van der Waals surface area contributed by atoms with Gasteiger partial charge in [-0.15, -0.1) is 0 Å². The molecular weight excluding hydrogens is 504 g/mol. The molecule has 8 aromatic carbocycles. The van der Waals surface area contributed by atoms with Crippen molar-refractivity contribution in [3.8, 4) is 33.4 Å². The second kappa shape index (κ2) is 9.16. The van der Waals surface area contributed by atoms with Gasteiger partial charge in [0.2, 0.25) is 0 Å². The maximum Gasteiger partial charge on any atom is -0.00201 e. The molecule has 0 aromatic heterocycles. The highest BCUT2D eigenvalue weighted by molar-refractivity contribution is 6.23. The average Bonchev–Trinajstić information content (AvgIpc) is 3.06. The van der Waals surface area contributed by atoms with Gasteiger partial charge in [-0.1, -0.05) is 140 Å². The van der Waals surface area contributed by atoms with Crippen molar-refractivity contribution < 1.29 is 0 Å². The Balaban J connectivity index is 1.38. The van der Waals surface area contributed by atoms with Crippen LogP contribution >= 0.6 is 0 Å². The molecule has 1 aliphatic carbocycles. The molecule has 0 nitrogen and oxygen atoms in total. The summed E-state index contributed by atoms with van der Waals surface area (Å²) in [5.41, 5.74) is 10.9. The van der Waals surface area contributed by atoms with E-state index in [1.54, 1.807) is 0 Å². The van der Waals surface area contributed by atoms with Crippen LogP contribution in [0.4, 0.5) is 0 Å². The maximum atomic E-state index is 2.48. The van der Waals surface area contributed by atoms with Crippen molar-refractivity contribution in [2.75, 3.05) is 0 Å². The Hall–Kier alpha value is -5.20. The quantitative estimate of drug-likeness (QED) is 0.194. The summed E-state index contributed by atoms with van der Waals surface area (Å²) in [7, 11) is 0. The van der Waals surface area contributed by atoms with Crippen molar-refractivity contribution in [2.24, 2.45) is 0 Å². The Labute approximate surface area is 245 Å². The number of rotatable bonds is 2. The summed E-state index contributed by atoms with van der Waals surface area (Å²) in [4.78, 5) is 0. The minimum atomic E-state index is 1.09. The van der Waals surface area contributed by atoms with E-state index in [9.17, 15) is 0 Å². The maximum absolute atomic E-state index is 2.48. The minimum Gasteiger partial charge on any atom is -0.0616 e. The minimum absolute atomic E-state index is 1.09. The van der Waals surface area contributed by atoms with Crippen molar-refractivity contribution in [3.05, 3.63) is 157 Å². The van der Waals surface area contributed by atoms with Crippen LogP contribution in [0.3, 0.4) is 0 Å². The van der Waals surface area contributed by atoms with Crippen molar-refractivity contribution >= 4 is 43.1 Å². The molecule has 196 valence electrons. The summed E-state index contributed by atoms with van der Waals surface area (Å²) >= 11 is 0. The zero-order valence-corrected chi connectivity index (χ0v) is 23.3. The van der Waals surface area contributed by atoms with Crippen molar-refractivity contribution in [2.45, 2.75) is 12.8 Å². The van der Waals surface area contributed by atoms with Crippen LogP contribution in [0.1, 0.15) is 11.1 Å². The molecule has 42 heavy (non-hydrogen) atoms. The standard InChI is InChI=1S/C42H28/c1-3-13-32-27(10-1)12-9-19-34(32)42-37-17-7-5-15-35(37)41(36-16-6-8-18-38(36)42)31-25-22-29-21-24-30-23-20-28-11-2-4-14-33(28)40(30)39(29)26-31/h1-20,22-23,25-26H,21,24H2. The summed E-state index contributed by atoms with van der Waals surface area (Å²) in [6.07, 6.45) is 2.18. The fourth-order valence-electron chi connectivity index (χ4n) is 7.47. The first-order chi connectivity index (χ1) is 20.8. The van der Waals surface area contributed by atoms with Crippen molar-refractivity contribution in [1.82, 2.24) is 0 Å². The van der Waals surface area contributed by atoms with E-state index >= 15 is 0 Å². The van der Waals surface area contributed by atoms with E-state index in [0.717, 1.165) is 12.8 Å². The van der Waals surface area contributed by atoms with E-state index in [1.807, 2.05) is 0 Å². The molecule has 9 rings (SSSR count). The van der Waals surface area contributed by atoms with E-state index in [2.05, 4.69) is 146 Å². The third kappa shape index (κ3) is 3.42. The Bertz CT molecular complexity index is 2290. The van der Waals surface area contributed by atoms with Gasteiger partial charge in [0.15, 0.2) is 0 Å². The lowest BCUT2D eigenvalue weighted by atomic mass is 9.80. The van der Waals surface area contributed by atoms with Crippen molar-refractivity contribution in [3.63, 3.8) is 0 Å². The van der Waals surface area contributed by atoms with Gasteiger partial charge in [-0.2, -0.15) is 0 Å². The molecule has 0 atom stereocenters. The number of aryl methyl sites for hydroxylation is 2. The molecule has 0 radical (unpaired) electrons. The number of benzene rings is 8. The molecule has 0 bridgehead atoms. The highest BCUT2D eigenvalue weighted by atomic mass is 14.3. The predicted molar refractivity (Wildman–Crippen MR) is 180 cm³/mol. The normalized spacial score (nSPS) is 12.6. The topological polar surface area (TPSA) is 0 Å². The molecule has 0 fully saturated rings. The van der Waals surface area contributed by atoms with Gasteiger partial charge in [-0.25, -0.2) is 0 Å². The first-order valence-corrected chi connectivity index (χ1v) is 14.9. The van der Waals surface area contributed by atoms with Crippen LogP contribution in [0.25, 0.3) is 76.5 Å². The van der Waals surface area contributed by atoms with Gasteiger partial charge in [0, 0.05) is 0 Å². The van der Waals surface area contributed by atoms with Crippen LogP contribution in [0, 0.1) is 0 Å². The molecule has 0 aliphatic heterocycles. The van der Waals surface area contributed by atoms with Gasteiger partial charge in [0.1, 0.15) is 0 Å². The number of hydrogen-bond donors (Lipinski definition) is 0. The zero-order chi connectivity index (χ0) is 27.6. The summed E-state index contributed by atoms with van der Waals surface area (Å²) in [6.45, 7) is 0. The lowest BCUT2D eigenvalue weighted by Gasteiger charge is -2.24. The predicted octanol–water partition coefficient (Wildman–Crippen LogP) is 11.4. The summed E-state index contributed by atoms with van der Waals surface area (Å²) in [6, 6.07) is 54.1. The molecule has 0 spiro atoms. The zero-order valence-electron chi connectivity index (χ0n) is 23.3. The number of hydrogen-bond acceptors (Lipinski definition) is 0. The fourth-order valence-corrected chi connectivity index (χ4v) is 7.47. The molecule has 0 saturated carbocycles.